The van der Waals surface area contributed by atoms with Crippen LogP contribution in [0.25, 0.3) is 0 Å². The Labute approximate surface area is 256 Å². The van der Waals surface area contributed by atoms with Gasteiger partial charge < -0.3 is 20.1 Å². The van der Waals surface area contributed by atoms with Crippen molar-refractivity contribution in [1.82, 2.24) is 10.6 Å². The van der Waals surface area contributed by atoms with Gasteiger partial charge in [0.05, 0.1) is 28.3 Å². The van der Waals surface area contributed by atoms with Crippen LogP contribution in [0.15, 0.2) is 58.4 Å². The zero-order chi connectivity index (χ0) is 31.0. The minimum atomic E-state index is -0.757. The summed E-state index contributed by atoms with van der Waals surface area (Å²) >= 11 is 12.9. The fraction of sp³-hybridized carbons (Fsp3) is 0.286. The van der Waals surface area contributed by atoms with E-state index in [4.69, 9.17) is 27.9 Å². The van der Waals surface area contributed by atoms with E-state index in [1.807, 2.05) is 0 Å². The third-order valence-electron chi connectivity index (χ3n) is 5.31. The highest BCUT2D eigenvalue weighted by Crippen LogP contribution is 2.35. The van der Waals surface area contributed by atoms with Gasteiger partial charge in [-0.05, 0) is 81.4 Å². The molecule has 0 bridgehead atoms. The molecule has 1 heterocycles. The van der Waals surface area contributed by atoms with Crippen LogP contribution >= 0.6 is 35.0 Å². The molecule has 222 valence electrons. The van der Waals surface area contributed by atoms with Gasteiger partial charge in [-0.2, -0.15) is 4.99 Å². The number of benzene rings is 2. The molecule has 2 aromatic carbocycles. The van der Waals surface area contributed by atoms with Crippen molar-refractivity contribution in [2.24, 2.45) is 4.99 Å². The zero-order valence-corrected chi connectivity index (χ0v) is 25.5. The molecule has 4 amide bonds. The number of thioether (sulfide) groups is 1. The van der Waals surface area contributed by atoms with Crippen molar-refractivity contribution in [3.63, 3.8) is 0 Å². The molecule has 11 nitrogen and oxygen atoms in total. The summed E-state index contributed by atoms with van der Waals surface area (Å²) in [7, 11) is 1.17. The molecular formula is C28H28Cl2N4O7S. The number of aliphatic imine (C=N–C) groups is 1. The number of methoxy groups -OCH3 is 1. The van der Waals surface area contributed by atoms with E-state index >= 15 is 0 Å². The number of amides is 4. The molecule has 0 aliphatic carbocycles. The maximum atomic E-state index is 13.2. The van der Waals surface area contributed by atoms with Crippen LogP contribution in [-0.4, -0.2) is 60.8 Å². The lowest BCUT2D eigenvalue weighted by Crippen LogP contribution is -2.34. The Balaban J connectivity index is 1.73. The second kappa shape index (κ2) is 14.3. The minimum absolute atomic E-state index is 0.0163. The number of hydrogen-bond acceptors (Lipinski definition) is 8. The van der Waals surface area contributed by atoms with Crippen LogP contribution in [0, 0.1) is 0 Å². The number of hydrogen-bond donors (Lipinski definition) is 2. The predicted molar refractivity (Wildman–Crippen MR) is 161 cm³/mol. The van der Waals surface area contributed by atoms with Gasteiger partial charge in [-0.1, -0.05) is 23.2 Å². The predicted octanol–water partition coefficient (Wildman–Crippen LogP) is 4.97. The van der Waals surface area contributed by atoms with Gasteiger partial charge in [0.15, 0.2) is 5.17 Å². The Kier molecular flexibility index (Phi) is 11.1. The SMILES string of the molecule is COC(=O)C=C1SC(=NC(=O)c2ccc(Cl)cc2Cl)N(c2ccc(C(=O)NCCCNC(=O)OC(C)(C)C)cc2)C1=O. The Morgan fingerprint density at radius 1 is 1.02 bits per heavy atom. The molecule has 1 fully saturated rings. The van der Waals surface area contributed by atoms with Crippen LogP contribution in [0.5, 0.6) is 0 Å². The number of alkyl carbamates (subject to hydrolysis) is 1. The normalized spacial score (nSPS) is 15.1. The Morgan fingerprint density at radius 3 is 2.31 bits per heavy atom. The third-order valence-corrected chi connectivity index (χ3v) is 6.83. The fourth-order valence-electron chi connectivity index (χ4n) is 3.41. The van der Waals surface area contributed by atoms with Crippen LogP contribution in [0.1, 0.15) is 47.9 Å². The fourth-order valence-corrected chi connectivity index (χ4v) is 4.84. The lowest BCUT2D eigenvalue weighted by atomic mass is 10.1. The molecule has 42 heavy (non-hydrogen) atoms. The number of nitrogens with zero attached hydrogens (tertiary/aromatic N) is 2. The molecular weight excluding hydrogens is 607 g/mol. The van der Waals surface area contributed by atoms with E-state index in [1.54, 1.807) is 20.8 Å². The van der Waals surface area contributed by atoms with Crippen molar-refractivity contribution in [3.8, 4) is 0 Å². The maximum Gasteiger partial charge on any atom is 0.407 e. The topological polar surface area (TPSA) is 143 Å². The highest BCUT2D eigenvalue weighted by atomic mass is 35.5. The highest BCUT2D eigenvalue weighted by molar-refractivity contribution is 8.19. The number of rotatable bonds is 8. The molecule has 3 rings (SSSR count). The van der Waals surface area contributed by atoms with Crippen LogP contribution in [-0.2, 0) is 19.1 Å². The minimum Gasteiger partial charge on any atom is -0.466 e. The van der Waals surface area contributed by atoms with Gasteiger partial charge in [0.1, 0.15) is 5.60 Å². The van der Waals surface area contributed by atoms with Crippen molar-refractivity contribution >= 4 is 75.6 Å². The molecule has 2 aromatic rings. The average molecular weight is 636 g/mol. The summed E-state index contributed by atoms with van der Waals surface area (Å²) in [6, 6.07) is 10.3. The van der Waals surface area contributed by atoms with E-state index < -0.39 is 29.5 Å². The van der Waals surface area contributed by atoms with Crippen molar-refractivity contribution < 1.29 is 33.4 Å². The second-order valence-corrected chi connectivity index (χ2v) is 11.5. The first-order valence-electron chi connectivity index (χ1n) is 12.5. The van der Waals surface area contributed by atoms with Crippen molar-refractivity contribution in [2.45, 2.75) is 32.8 Å². The van der Waals surface area contributed by atoms with E-state index in [9.17, 15) is 24.0 Å². The highest BCUT2D eigenvalue weighted by Gasteiger charge is 2.36. The number of ether oxygens (including phenoxy) is 2. The first kappa shape index (κ1) is 32.6. The summed E-state index contributed by atoms with van der Waals surface area (Å²) in [6.07, 6.45) is 0.940. The average Bonchev–Trinajstić information content (AvgIpc) is 3.20. The summed E-state index contributed by atoms with van der Waals surface area (Å²) in [5, 5.41) is 5.75. The number of carbonyl (C=O) groups excluding carboxylic acids is 5. The summed E-state index contributed by atoms with van der Waals surface area (Å²) in [6.45, 7) is 5.90. The van der Waals surface area contributed by atoms with Gasteiger partial charge in [0.25, 0.3) is 17.7 Å². The summed E-state index contributed by atoms with van der Waals surface area (Å²) in [5.41, 5.74) is 0.0770. The molecule has 0 atom stereocenters. The maximum absolute atomic E-state index is 13.2. The van der Waals surface area contributed by atoms with Crippen LogP contribution in [0.3, 0.4) is 0 Å². The Morgan fingerprint density at radius 2 is 1.69 bits per heavy atom. The lowest BCUT2D eigenvalue weighted by Gasteiger charge is -2.19. The van der Waals surface area contributed by atoms with Crippen LogP contribution in [0.2, 0.25) is 10.0 Å². The second-order valence-electron chi connectivity index (χ2n) is 9.68. The quantitative estimate of drug-likeness (QED) is 0.235. The number of amidine groups is 1. The van der Waals surface area contributed by atoms with E-state index in [2.05, 4.69) is 20.4 Å². The molecule has 1 aliphatic rings. The number of nitrogens with one attached hydrogen (secondary N) is 2. The lowest BCUT2D eigenvalue weighted by molar-refractivity contribution is -0.135. The summed E-state index contributed by atoms with van der Waals surface area (Å²) < 4.78 is 9.78. The van der Waals surface area contributed by atoms with E-state index in [1.165, 1.54) is 49.6 Å². The largest absolute Gasteiger partial charge is 0.466 e. The standard InChI is InChI=1S/C28H28Cl2N4O7S/c1-28(2,3)41-27(39)32-13-5-12-31-23(36)16-6-9-18(10-7-16)34-25(38)21(15-22(35)40-4)42-26(34)33-24(37)19-11-8-17(29)14-20(19)30/h6-11,14-15H,5,12-13H2,1-4H3,(H,31,36)(H,32,39). The van der Waals surface area contributed by atoms with Crippen molar-refractivity contribution in [3.05, 3.63) is 74.6 Å². The number of esters is 1. The van der Waals surface area contributed by atoms with Crippen LogP contribution in [0.4, 0.5) is 10.5 Å². The summed E-state index contributed by atoms with van der Waals surface area (Å²) in [4.78, 5) is 67.5. The van der Waals surface area contributed by atoms with Gasteiger partial charge in [-0.15, -0.1) is 0 Å². The van der Waals surface area contributed by atoms with E-state index in [0.717, 1.165) is 22.7 Å². The molecule has 0 unspecified atom stereocenters. The molecule has 0 spiro atoms. The number of halogens is 2. The number of anilines is 1. The van der Waals surface area contributed by atoms with Crippen LogP contribution < -0.4 is 15.5 Å². The molecule has 1 saturated heterocycles. The molecule has 0 aromatic heterocycles. The summed E-state index contributed by atoms with van der Waals surface area (Å²) in [5.74, 6) is -2.47. The van der Waals surface area contributed by atoms with E-state index in [-0.39, 0.29) is 26.6 Å². The third kappa shape index (κ3) is 9.07. The van der Waals surface area contributed by atoms with Gasteiger partial charge in [0.2, 0.25) is 0 Å². The first-order chi connectivity index (χ1) is 19.8. The molecule has 1 aliphatic heterocycles. The molecule has 0 radical (unpaired) electrons. The van der Waals surface area contributed by atoms with E-state index in [0.29, 0.717) is 35.8 Å². The molecule has 0 saturated carbocycles. The molecule has 14 heteroatoms. The zero-order valence-electron chi connectivity index (χ0n) is 23.2. The van der Waals surface area contributed by atoms with Gasteiger partial charge in [0, 0.05) is 29.8 Å². The van der Waals surface area contributed by atoms with Crippen molar-refractivity contribution in [1.29, 1.82) is 0 Å². The van der Waals surface area contributed by atoms with Gasteiger partial charge in [-0.25, -0.2) is 9.59 Å². The first-order valence-corrected chi connectivity index (χ1v) is 14.1. The van der Waals surface area contributed by atoms with Crippen molar-refractivity contribution in [2.75, 3.05) is 25.1 Å². The Hall–Kier alpha value is -3.87. The monoisotopic (exact) mass is 634 g/mol. The van der Waals surface area contributed by atoms with Gasteiger partial charge in [-0.3, -0.25) is 19.3 Å². The van der Waals surface area contributed by atoms with Gasteiger partial charge >= 0.3 is 12.1 Å². The smallest absolute Gasteiger partial charge is 0.407 e. The Bertz CT molecular complexity index is 1450. The number of carbonyl (C=O) groups is 5. The molecule has 2 N–H and O–H groups in total.